The Bertz CT molecular complexity index is 854. The molecule has 1 atom stereocenters. The number of hydrogen-bond acceptors (Lipinski definition) is 1. The molecule has 0 N–H and O–H groups in total. The van der Waals surface area contributed by atoms with Crippen molar-refractivity contribution in [2.45, 2.75) is 18.9 Å². The number of anilines is 2. The van der Waals surface area contributed by atoms with Gasteiger partial charge < -0.3 is 4.90 Å². The fraction of sp³-hybridized carbons (Fsp3) is 0.130. The lowest BCUT2D eigenvalue weighted by Crippen LogP contribution is -2.38. The molecule has 1 aliphatic carbocycles. The number of halogens is 2. The summed E-state index contributed by atoms with van der Waals surface area (Å²) in [5.41, 5.74) is 5.30. The zero-order valence-electron chi connectivity index (χ0n) is 14.3. The molecular weight excluding hydrogens is 450 g/mol. The summed E-state index contributed by atoms with van der Waals surface area (Å²) >= 11 is 7.10. The van der Waals surface area contributed by atoms with Crippen LogP contribution < -0.4 is 4.90 Å². The van der Waals surface area contributed by atoms with Crippen molar-refractivity contribution in [2.75, 3.05) is 4.90 Å². The van der Waals surface area contributed by atoms with E-state index in [1.54, 1.807) is 0 Å². The Hall–Kier alpha value is -1.84. The summed E-state index contributed by atoms with van der Waals surface area (Å²) in [7, 11) is 0. The standard InChI is InChI=1S/C23H19Br2N/c24-19-7-11-21(12-8-19)26(22-13-9-20(25)10-14-22)23-15-6-18(23)16-17-4-2-1-3-5-17/h1-14,23H,15-16H2. The van der Waals surface area contributed by atoms with Crippen molar-refractivity contribution in [2.24, 2.45) is 0 Å². The van der Waals surface area contributed by atoms with E-state index in [2.05, 4.69) is 122 Å². The van der Waals surface area contributed by atoms with Crippen LogP contribution >= 0.6 is 31.9 Å². The van der Waals surface area contributed by atoms with Crippen LogP contribution in [0.3, 0.4) is 0 Å². The fourth-order valence-electron chi connectivity index (χ4n) is 3.40. The van der Waals surface area contributed by atoms with Gasteiger partial charge in [-0.2, -0.15) is 0 Å². The monoisotopic (exact) mass is 467 g/mol. The maximum atomic E-state index is 3.55. The normalized spacial score (nSPS) is 15.9. The second-order valence-corrected chi connectivity index (χ2v) is 8.35. The number of hydrogen-bond donors (Lipinski definition) is 0. The van der Waals surface area contributed by atoms with Crippen LogP contribution in [0.25, 0.3) is 0 Å². The first-order valence-electron chi connectivity index (χ1n) is 8.74. The molecule has 1 nitrogen and oxygen atoms in total. The van der Waals surface area contributed by atoms with Gasteiger partial charge in [0.2, 0.25) is 0 Å². The van der Waals surface area contributed by atoms with Crippen LogP contribution in [-0.2, 0) is 6.42 Å². The van der Waals surface area contributed by atoms with Gasteiger partial charge in [-0.15, -0.1) is 0 Å². The average Bonchev–Trinajstić information content (AvgIpc) is 2.66. The van der Waals surface area contributed by atoms with E-state index in [1.165, 1.54) is 22.5 Å². The molecule has 1 aliphatic rings. The Morgan fingerprint density at radius 2 is 1.27 bits per heavy atom. The molecule has 0 aromatic heterocycles. The van der Waals surface area contributed by atoms with E-state index in [0.29, 0.717) is 6.04 Å². The molecule has 0 spiro atoms. The van der Waals surface area contributed by atoms with Crippen molar-refractivity contribution in [1.82, 2.24) is 0 Å². The topological polar surface area (TPSA) is 3.24 Å². The van der Waals surface area contributed by atoms with Crippen LogP contribution in [0.2, 0.25) is 0 Å². The van der Waals surface area contributed by atoms with Gasteiger partial charge in [0.25, 0.3) is 0 Å². The summed E-state index contributed by atoms with van der Waals surface area (Å²) in [4.78, 5) is 2.46. The quantitative estimate of drug-likeness (QED) is 0.355. The average molecular weight is 469 g/mol. The number of rotatable bonds is 5. The molecule has 0 aliphatic heterocycles. The van der Waals surface area contributed by atoms with E-state index in [0.717, 1.165) is 21.8 Å². The van der Waals surface area contributed by atoms with E-state index in [4.69, 9.17) is 0 Å². The third-order valence-corrected chi connectivity index (χ3v) is 5.86. The van der Waals surface area contributed by atoms with Gasteiger partial charge in [-0.25, -0.2) is 0 Å². The van der Waals surface area contributed by atoms with E-state index < -0.39 is 0 Å². The van der Waals surface area contributed by atoms with Crippen molar-refractivity contribution >= 4 is 43.2 Å². The second-order valence-electron chi connectivity index (χ2n) is 6.52. The lowest BCUT2D eigenvalue weighted by molar-refractivity contribution is 0.663. The zero-order chi connectivity index (χ0) is 17.9. The summed E-state index contributed by atoms with van der Waals surface area (Å²) in [6.45, 7) is 0. The van der Waals surface area contributed by atoms with Gasteiger partial charge in [-0.05, 0) is 72.5 Å². The lowest BCUT2D eigenvalue weighted by atomic mass is 9.85. The first-order valence-corrected chi connectivity index (χ1v) is 10.3. The van der Waals surface area contributed by atoms with Gasteiger partial charge in [-0.3, -0.25) is 0 Å². The second kappa shape index (κ2) is 7.81. The van der Waals surface area contributed by atoms with Crippen LogP contribution in [-0.4, -0.2) is 6.04 Å². The zero-order valence-corrected chi connectivity index (χ0v) is 17.4. The first kappa shape index (κ1) is 17.6. The van der Waals surface area contributed by atoms with Crippen LogP contribution in [0.4, 0.5) is 11.4 Å². The molecule has 4 rings (SSSR count). The molecule has 3 heteroatoms. The maximum Gasteiger partial charge on any atom is 0.0589 e. The van der Waals surface area contributed by atoms with Crippen molar-refractivity contribution in [3.8, 4) is 0 Å². The summed E-state index contributed by atoms with van der Waals surface area (Å²) < 4.78 is 2.20. The Labute approximate surface area is 171 Å². The van der Waals surface area contributed by atoms with E-state index in [9.17, 15) is 0 Å². The minimum absolute atomic E-state index is 0.401. The molecule has 0 saturated heterocycles. The Balaban J connectivity index is 1.66. The van der Waals surface area contributed by atoms with Crippen molar-refractivity contribution in [3.05, 3.63) is 105 Å². The summed E-state index contributed by atoms with van der Waals surface area (Å²) in [6, 6.07) is 28.3. The van der Waals surface area contributed by atoms with Crippen LogP contribution in [0.15, 0.2) is 99.5 Å². The van der Waals surface area contributed by atoms with Gasteiger partial charge in [0, 0.05) is 20.3 Å². The van der Waals surface area contributed by atoms with Gasteiger partial charge in [0.15, 0.2) is 0 Å². The molecule has 26 heavy (non-hydrogen) atoms. The van der Waals surface area contributed by atoms with Crippen molar-refractivity contribution in [1.29, 1.82) is 0 Å². The number of nitrogens with zero attached hydrogens (tertiary/aromatic N) is 1. The Kier molecular flexibility index (Phi) is 5.28. The predicted molar refractivity (Wildman–Crippen MR) is 117 cm³/mol. The third-order valence-electron chi connectivity index (χ3n) is 4.80. The molecule has 0 fully saturated rings. The summed E-state index contributed by atoms with van der Waals surface area (Å²) in [5.74, 6) is 0. The van der Waals surface area contributed by atoms with Crippen LogP contribution in [0.1, 0.15) is 12.0 Å². The molecule has 0 heterocycles. The number of benzene rings is 3. The maximum absolute atomic E-state index is 3.55. The Morgan fingerprint density at radius 3 is 1.73 bits per heavy atom. The summed E-state index contributed by atoms with van der Waals surface area (Å²) in [6.07, 6.45) is 4.46. The Morgan fingerprint density at radius 1 is 0.731 bits per heavy atom. The van der Waals surface area contributed by atoms with E-state index in [1.807, 2.05) is 0 Å². The molecule has 0 radical (unpaired) electrons. The minimum Gasteiger partial charge on any atom is -0.334 e. The molecule has 3 aromatic rings. The summed E-state index contributed by atoms with van der Waals surface area (Å²) in [5, 5.41) is 0. The molecule has 3 aromatic carbocycles. The van der Waals surface area contributed by atoms with Gasteiger partial charge in [0.1, 0.15) is 0 Å². The van der Waals surface area contributed by atoms with Gasteiger partial charge in [0.05, 0.1) is 6.04 Å². The van der Waals surface area contributed by atoms with E-state index in [-0.39, 0.29) is 0 Å². The molecule has 130 valence electrons. The fourth-order valence-corrected chi connectivity index (χ4v) is 3.92. The highest BCUT2D eigenvalue weighted by molar-refractivity contribution is 9.10. The largest absolute Gasteiger partial charge is 0.334 e. The highest BCUT2D eigenvalue weighted by Crippen LogP contribution is 2.38. The lowest BCUT2D eigenvalue weighted by Gasteiger charge is -2.40. The molecule has 0 saturated carbocycles. The highest BCUT2D eigenvalue weighted by Gasteiger charge is 2.29. The van der Waals surface area contributed by atoms with Crippen LogP contribution in [0.5, 0.6) is 0 Å². The van der Waals surface area contributed by atoms with Crippen molar-refractivity contribution in [3.63, 3.8) is 0 Å². The molecule has 0 bridgehead atoms. The third kappa shape index (κ3) is 3.79. The van der Waals surface area contributed by atoms with Gasteiger partial charge in [-0.1, -0.05) is 68.3 Å². The molecule has 0 amide bonds. The predicted octanol–water partition coefficient (Wildman–Crippen LogP) is 7.29. The first-order chi connectivity index (χ1) is 12.7. The highest BCUT2D eigenvalue weighted by atomic mass is 79.9. The molecule has 1 unspecified atom stereocenters. The smallest absolute Gasteiger partial charge is 0.0589 e. The van der Waals surface area contributed by atoms with E-state index >= 15 is 0 Å². The van der Waals surface area contributed by atoms with Crippen LogP contribution in [0, 0.1) is 0 Å². The SMILES string of the molecule is Brc1ccc(N(c2ccc(Br)cc2)C2CC=C2Cc2ccccc2)cc1. The molecular formula is C23H19Br2N. The minimum atomic E-state index is 0.401. The van der Waals surface area contributed by atoms with Crippen molar-refractivity contribution < 1.29 is 0 Å². The van der Waals surface area contributed by atoms with Gasteiger partial charge >= 0.3 is 0 Å².